The Morgan fingerprint density at radius 3 is 2.42 bits per heavy atom. The molecule has 0 aliphatic carbocycles. The third-order valence-corrected chi connectivity index (χ3v) is 5.54. The lowest BCUT2D eigenvalue weighted by Crippen LogP contribution is -2.20. The molecule has 0 saturated heterocycles. The molecule has 33 heavy (non-hydrogen) atoms. The Bertz CT molecular complexity index is 1250. The van der Waals surface area contributed by atoms with Crippen LogP contribution in [0.1, 0.15) is 22.3 Å². The van der Waals surface area contributed by atoms with Crippen molar-refractivity contribution in [2.24, 2.45) is 0 Å². The molecule has 5 nitrogen and oxygen atoms in total. The van der Waals surface area contributed by atoms with E-state index in [-0.39, 0.29) is 23.3 Å². The lowest BCUT2D eigenvalue weighted by molar-refractivity contribution is -0.118. The number of aryl methyl sites for hydroxylation is 2. The molecule has 0 radical (unpaired) electrons. The molecule has 0 bridgehead atoms. The van der Waals surface area contributed by atoms with Crippen molar-refractivity contribution >= 4 is 46.4 Å². The van der Waals surface area contributed by atoms with Crippen molar-refractivity contribution in [1.82, 2.24) is 0 Å². The van der Waals surface area contributed by atoms with Gasteiger partial charge in [-0.1, -0.05) is 59.1 Å². The molecule has 0 aromatic heterocycles. The van der Waals surface area contributed by atoms with Crippen LogP contribution in [0.25, 0.3) is 11.6 Å². The Morgan fingerprint density at radius 1 is 1.06 bits per heavy atom. The molecule has 1 N–H and O–H groups in total. The van der Waals surface area contributed by atoms with E-state index in [0.717, 1.165) is 16.7 Å². The molecular weight excluding hydrogens is 459 g/mol. The van der Waals surface area contributed by atoms with Crippen molar-refractivity contribution in [2.45, 2.75) is 13.8 Å². The largest absolute Gasteiger partial charge is 0.493 e. The standard InChI is InChI=1S/C26H22Cl2N2O3/c1-16-4-7-19(8-5-16)20(14-29)10-18-11-23(28)26(24(12-18)32-3)33-15-25(31)30-21-9-6-17(2)22(27)13-21/h4-13H,15H2,1-3H3,(H,30,31)/b20-10+. The van der Waals surface area contributed by atoms with Gasteiger partial charge in [-0.3, -0.25) is 4.79 Å². The number of nitrogens with one attached hydrogen (secondary N) is 1. The molecule has 0 unspecified atom stereocenters. The smallest absolute Gasteiger partial charge is 0.262 e. The number of halogens is 2. The van der Waals surface area contributed by atoms with Crippen LogP contribution in [-0.4, -0.2) is 19.6 Å². The highest BCUT2D eigenvalue weighted by Gasteiger charge is 2.14. The minimum atomic E-state index is -0.372. The maximum absolute atomic E-state index is 12.3. The average Bonchev–Trinajstić information content (AvgIpc) is 2.79. The van der Waals surface area contributed by atoms with Crippen molar-refractivity contribution in [3.05, 3.63) is 86.9 Å². The summed E-state index contributed by atoms with van der Waals surface area (Å²) in [5, 5.41) is 13.1. The molecule has 0 atom stereocenters. The fourth-order valence-corrected chi connectivity index (χ4v) is 3.50. The maximum atomic E-state index is 12.3. The molecule has 0 spiro atoms. The van der Waals surface area contributed by atoms with Gasteiger partial charge in [0.2, 0.25) is 0 Å². The first-order valence-electron chi connectivity index (χ1n) is 10.1. The third-order valence-electron chi connectivity index (χ3n) is 4.85. The van der Waals surface area contributed by atoms with Crippen LogP contribution in [-0.2, 0) is 4.79 Å². The third kappa shape index (κ3) is 6.29. The Morgan fingerprint density at radius 2 is 1.79 bits per heavy atom. The van der Waals surface area contributed by atoms with E-state index in [2.05, 4.69) is 11.4 Å². The lowest BCUT2D eigenvalue weighted by atomic mass is 10.0. The van der Waals surface area contributed by atoms with Crippen LogP contribution in [0.2, 0.25) is 10.0 Å². The number of nitrogens with zero attached hydrogens (tertiary/aromatic N) is 1. The topological polar surface area (TPSA) is 71.3 Å². The molecule has 0 aliphatic rings. The number of anilines is 1. The van der Waals surface area contributed by atoms with Gasteiger partial charge < -0.3 is 14.8 Å². The minimum absolute atomic E-state index is 0.238. The first-order valence-corrected chi connectivity index (χ1v) is 10.8. The van der Waals surface area contributed by atoms with Gasteiger partial charge in [0.05, 0.1) is 23.8 Å². The number of hydrogen-bond acceptors (Lipinski definition) is 4. The Hall–Kier alpha value is -3.46. The number of nitriles is 1. The molecule has 0 heterocycles. The predicted molar refractivity (Wildman–Crippen MR) is 133 cm³/mol. The van der Waals surface area contributed by atoms with Crippen molar-refractivity contribution in [3.63, 3.8) is 0 Å². The summed E-state index contributed by atoms with van der Waals surface area (Å²) < 4.78 is 11.1. The highest BCUT2D eigenvalue weighted by molar-refractivity contribution is 6.32. The highest BCUT2D eigenvalue weighted by Crippen LogP contribution is 2.37. The van der Waals surface area contributed by atoms with Gasteiger partial charge in [-0.15, -0.1) is 0 Å². The Kier molecular flexibility index (Phi) is 8.00. The molecule has 168 valence electrons. The van der Waals surface area contributed by atoms with E-state index in [1.807, 2.05) is 44.2 Å². The van der Waals surface area contributed by atoms with Gasteiger partial charge in [0.25, 0.3) is 5.91 Å². The van der Waals surface area contributed by atoms with E-state index < -0.39 is 0 Å². The summed E-state index contributed by atoms with van der Waals surface area (Å²) in [6.07, 6.45) is 1.72. The summed E-state index contributed by atoms with van der Waals surface area (Å²) in [5.74, 6) is 0.214. The fraction of sp³-hybridized carbons (Fsp3) is 0.154. The first-order chi connectivity index (χ1) is 15.8. The monoisotopic (exact) mass is 480 g/mol. The number of carbonyl (C=O) groups is 1. The molecule has 7 heteroatoms. The number of carbonyl (C=O) groups excluding carboxylic acids is 1. The zero-order valence-electron chi connectivity index (χ0n) is 18.4. The van der Waals surface area contributed by atoms with Crippen molar-refractivity contribution in [3.8, 4) is 17.6 Å². The maximum Gasteiger partial charge on any atom is 0.262 e. The summed E-state index contributed by atoms with van der Waals surface area (Å²) in [6, 6.07) is 18.5. The van der Waals surface area contributed by atoms with E-state index >= 15 is 0 Å². The second-order valence-corrected chi connectivity index (χ2v) is 8.19. The summed E-state index contributed by atoms with van der Waals surface area (Å²) >= 11 is 12.5. The molecule has 3 aromatic carbocycles. The minimum Gasteiger partial charge on any atom is -0.493 e. The van der Waals surface area contributed by atoms with Crippen LogP contribution in [0.4, 0.5) is 5.69 Å². The van der Waals surface area contributed by atoms with Gasteiger partial charge in [-0.25, -0.2) is 0 Å². The van der Waals surface area contributed by atoms with Crippen LogP contribution in [0, 0.1) is 25.2 Å². The predicted octanol–water partition coefficient (Wildman–Crippen LogP) is 6.70. The number of methoxy groups -OCH3 is 1. The van der Waals surface area contributed by atoms with Gasteiger partial charge in [0.15, 0.2) is 18.1 Å². The normalized spacial score (nSPS) is 11.0. The second-order valence-electron chi connectivity index (χ2n) is 7.37. The van der Waals surface area contributed by atoms with E-state index in [4.69, 9.17) is 32.7 Å². The van der Waals surface area contributed by atoms with Crippen LogP contribution in [0.5, 0.6) is 11.5 Å². The first kappa shape index (κ1) is 24.2. The van der Waals surface area contributed by atoms with Gasteiger partial charge in [0.1, 0.15) is 0 Å². The number of benzene rings is 3. The summed E-state index contributed by atoms with van der Waals surface area (Å²) in [7, 11) is 1.48. The SMILES string of the molecule is COc1cc(/C=C(\C#N)c2ccc(C)cc2)cc(Cl)c1OCC(=O)Nc1ccc(C)c(Cl)c1. The van der Waals surface area contributed by atoms with Crippen LogP contribution in [0.3, 0.4) is 0 Å². The summed E-state index contributed by atoms with van der Waals surface area (Å²) in [4.78, 5) is 12.3. The molecule has 0 saturated carbocycles. The van der Waals surface area contributed by atoms with Crippen molar-refractivity contribution in [1.29, 1.82) is 5.26 Å². The van der Waals surface area contributed by atoms with E-state index in [9.17, 15) is 10.1 Å². The van der Waals surface area contributed by atoms with E-state index in [1.54, 1.807) is 30.3 Å². The molecule has 3 rings (SSSR count). The van der Waals surface area contributed by atoms with Crippen molar-refractivity contribution in [2.75, 3.05) is 19.0 Å². The van der Waals surface area contributed by atoms with Crippen LogP contribution >= 0.6 is 23.2 Å². The molecule has 0 aliphatic heterocycles. The van der Waals surface area contributed by atoms with Crippen molar-refractivity contribution < 1.29 is 14.3 Å². The Labute approximate surface area is 203 Å². The number of rotatable bonds is 7. The average molecular weight is 481 g/mol. The number of amides is 1. The number of ether oxygens (including phenoxy) is 2. The van der Waals surface area contributed by atoms with Gasteiger partial charge in [-0.2, -0.15) is 5.26 Å². The highest BCUT2D eigenvalue weighted by atomic mass is 35.5. The molecule has 0 fully saturated rings. The lowest BCUT2D eigenvalue weighted by Gasteiger charge is -2.14. The zero-order valence-corrected chi connectivity index (χ0v) is 19.9. The quantitative estimate of drug-likeness (QED) is 0.301. The molecular formula is C26H22Cl2N2O3. The van der Waals surface area contributed by atoms with Gasteiger partial charge >= 0.3 is 0 Å². The second kappa shape index (κ2) is 10.9. The summed E-state index contributed by atoms with van der Waals surface area (Å²) in [6.45, 7) is 3.59. The van der Waals surface area contributed by atoms with Gasteiger partial charge in [-0.05, 0) is 60.9 Å². The molecule has 3 aromatic rings. The van der Waals surface area contributed by atoms with E-state index in [1.165, 1.54) is 7.11 Å². The van der Waals surface area contributed by atoms with E-state index in [0.29, 0.717) is 27.6 Å². The Balaban J connectivity index is 1.77. The number of allylic oxidation sites excluding steroid dienone is 1. The number of hydrogen-bond donors (Lipinski definition) is 1. The van der Waals surface area contributed by atoms with Crippen LogP contribution < -0.4 is 14.8 Å². The summed E-state index contributed by atoms with van der Waals surface area (Å²) in [5.41, 5.74) is 4.54. The molecule has 1 amide bonds. The zero-order chi connectivity index (χ0) is 24.0. The van der Waals surface area contributed by atoms with Crippen LogP contribution in [0.15, 0.2) is 54.6 Å². The fourth-order valence-electron chi connectivity index (χ4n) is 3.05. The van der Waals surface area contributed by atoms with Gasteiger partial charge in [0, 0.05) is 10.7 Å².